The first-order chi connectivity index (χ1) is 9.25. The van der Waals surface area contributed by atoms with Crippen LogP contribution in [-0.2, 0) is 9.59 Å². The van der Waals surface area contributed by atoms with E-state index in [9.17, 15) is 22.8 Å². The first-order valence-corrected chi connectivity index (χ1v) is 6.85. The highest BCUT2D eigenvalue weighted by molar-refractivity contribution is 5.85. The van der Waals surface area contributed by atoms with Gasteiger partial charge in [0.15, 0.2) is 0 Å². The van der Waals surface area contributed by atoms with Crippen LogP contribution in [-0.4, -0.2) is 29.2 Å². The van der Waals surface area contributed by atoms with E-state index in [0.29, 0.717) is 19.3 Å². The molecule has 0 aromatic heterocycles. The molecule has 0 aromatic rings. The molecule has 1 aliphatic carbocycles. The Hall–Kier alpha value is -1.27. The van der Waals surface area contributed by atoms with Crippen molar-refractivity contribution in [3.8, 4) is 0 Å². The third-order valence-electron chi connectivity index (χ3n) is 3.70. The molecule has 3 atom stereocenters. The molecule has 116 valence electrons. The number of carboxylic acid groups (broad SMARTS) is 1. The normalized spacial score (nSPS) is 25.0. The number of carboxylic acids is 1. The fraction of sp³-hybridized carbons (Fsp3) is 0.846. The lowest BCUT2D eigenvalue weighted by Gasteiger charge is -2.30. The number of aliphatic carboxylic acids is 1. The Morgan fingerprint density at radius 3 is 2.50 bits per heavy atom. The number of carbonyl (C=O) groups is 2. The van der Waals surface area contributed by atoms with Gasteiger partial charge in [-0.05, 0) is 25.7 Å². The lowest BCUT2D eigenvalue weighted by atomic mass is 9.80. The number of nitrogens with one attached hydrogen (secondary N) is 1. The molecule has 20 heavy (non-hydrogen) atoms. The van der Waals surface area contributed by atoms with Crippen molar-refractivity contribution in [2.75, 3.05) is 0 Å². The van der Waals surface area contributed by atoms with Gasteiger partial charge in [0.1, 0.15) is 6.04 Å². The minimum absolute atomic E-state index is 0.0462. The Morgan fingerprint density at radius 2 is 2.00 bits per heavy atom. The lowest BCUT2D eigenvalue weighted by Crippen LogP contribution is -2.45. The number of rotatable bonds is 5. The van der Waals surface area contributed by atoms with Crippen LogP contribution < -0.4 is 5.32 Å². The summed E-state index contributed by atoms with van der Waals surface area (Å²) in [5.74, 6) is -3.92. The first-order valence-electron chi connectivity index (χ1n) is 6.85. The summed E-state index contributed by atoms with van der Waals surface area (Å²) in [6.45, 7) is 1.78. The van der Waals surface area contributed by atoms with Crippen LogP contribution in [0.15, 0.2) is 0 Å². The van der Waals surface area contributed by atoms with Gasteiger partial charge >= 0.3 is 12.1 Å². The minimum Gasteiger partial charge on any atom is -0.480 e. The Bertz CT molecular complexity index is 357. The highest BCUT2D eigenvalue weighted by atomic mass is 19.4. The average molecular weight is 295 g/mol. The predicted octanol–water partition coefficient (Wildman–Crippen LogP) is 2.72. The van der Waals surface area contributed by atoms with Crippen LogP contribution >= 0.6 is 0 Å². The van der Waals surface area contributed by atoms with Crippen molar-refractivity contribution in [1.82, 2.24) is 5.32 Å². The Kier molecular flexibility index (Phi) is 5.83. The van der Waals surface area contributed by atoms with E-state index in [1.54, 1.807) is 6.92 Å². The number of hydrogen-bond acceptors (Lipinski definition) is 2. The van der Waals surface area contributed by atoms with Crippen LogP contribution in [0.5, 0.6) is 0 Å². The molecule has 1 saturated carbocycles. The zero-order valence-corrected chi connectivity index (χ0v) is 11.4. The molecule has 0 aromatic carbocycles. The molecule has 0 bridgehead atoms. The smallest absolute Gasteiger partial charge is 0.391 e. The lowest BCUT2D eigenvalue weighted by molar-refractivity contribution is -0.186. The molecule has 1 rings (SSSR count). The fourth-order valence-electron chi connectivity index (χ4n) is 2.56. The highest BCUT2D eigenvalue weighted by Gasteiger charge is 2.43. The van der Waals surface area contributed by atoms with Crippen LogP contribution in [0.3, 0.4) is 0 Å². The summed E-state index contributed by atoms with van der Waals surface area (Å²) >= 11 is 0. The predicted molar refractivity (Wildman–Crippen MR) is 66.0 cm³/mol. The second-order valence-corrected chi connectivity index (χ2v) is 5.29. The van der Waals surface area contributed by atoms with Gasteiger partial charge in [-0.3, -0.25) is 4.79 Å². The van der Waals surface area contributed by atoms with Crippen molar-refractivity contribution >= 4 is 11.9 Å². The van der Waals surface area contributed by atoms with Gasteiger partial charge in [0.05, 0.1) is 5.92 Å². The zero-order chi connectivity index (χ0) is 15.3. The largest absolute Gasteiger partial charge is 0.480 e. The molecule has 0 spiro atoms. The maximum absolute atomic E-state index is 12.7. The van der Waals surface area contributed by atoms with Crippen LogP contribution in [0.4, 0.5) is 13.2 Å². The molecule has 1 aliphatic rings. The van der Waals surface area contributed by atoms with E-state index >= 15 is 0 Å². The van der Waals surface area contributed by atoms with Crippen LogP contribution in [0.25, 0.3) is 0 Å². The summed E-state index contributed by atoms with van der Waals surface area (Å²) in [6.07, 6.45) is -2.90. The summed E-state index contributed by atoms with van der Waals surface area (Å²) in [6, 6.07) is -1.02. The van der Waals surface area contributed by atoms with Crippen molar-refractivity contribution in [2.24, 2.45) is 11.8 Å². The molecule has 7 heteroatoms. The van der Waals surface area contributed by atoms with E-state index in [1.165, 1.54) is 0 Å². The number of amides is 1. The van der Waals surface area contributed by atoms with Gasteiger partial charge in [0, 0.05) is 5.92 Å². The molecular weight excluding hydrogens is 275 g/mol. The molecule has 2 N–H and O–H groups in total. The van der Waals surface area contributed by atoms with E-state index < -0.39 is 35.9 Å². The van der Waals surface area contributed by atoms with Crippen molar-refractivity contribution in [2.45, 2.75) is 57.7 Å². The van der Waals surface area contributed by atoms with Gasteiger partial charge < -0.3 is 10.4 Å². The van der Waals surface area contributed by atoms with E-state index in [0.717, 1.165) is 0 Å². The monoisotopic (exact) mass is 295 g/mol. The second kappa shape index (κ2) is 6.95. The number of halogens is 3. The number of alkyl halides is 3. The van der Waals surface area contributed by atoms with Gasteiger partial charge in [-0.2, -0.15) is 13.2 Å². The van der Waals surface area contributed by atoms with Gasteiger partial charge in [0.25, 0.3) is 0 Å². The molecular formula is C13H20F3NO3. The quantitative estimate of drug-likeness (QED) is 0.819. The molecule has 0 aliphatic heterocycles. The first kappa shape index (κ1) is 16.8. The summed E-state index contributed by atoms with van der Waals surface area (Å²) in [5, 5.41) is 11.3. The second-order valence-electron chi connectivity index (χ2n) is 5.29. The molecule has 1 amide bonds. The Labute approximate surface area is 115 Å². The summed E-state index contributed by atoms with van der Waals surface area (Å²) < 4.78 is 38.0. The van der Waals surface area contributed by atoms with E-state index in [-0.39, 0.29) is 19.3 Å². The van der Waals surface area contributed by atoms with Gasteiger partial charge in [-0.1, -0.05) is 19.8 Å². The van der Waals surface area contributed by atoms with Gasteiger partial charge in [0.2, 0.25) is 5.91 Å². The Balaban J connectivity index is 2.60. The molecule has 0 radical (unpaired) electrons. The average Bonchev–Trinajstić information content (AvgIpc) is 2.37. The van der Waals surface area contributed by atoms with Crippen molar-refractivity contribution in [3.63, 3.8) is 0 Å². The molecule has 0 saturated heterocycles. The maximum atomic E-state index is 12.7. The summed E-state index contributed by atoms with van der Waals surface area (Å²) in [5.41, 5.74) is 0. The zero-order valence-electron chi connectivity index (χ0n) is 11.4. The summed E-state index contributed by atoms with van der Waals surface area (Å²) in [7, 11) is 0. The van der Waals surface area contributed by atoms with E-state index in [4.69, 9.17) is 5.11 Å². The number of carbonyl (C=O) groups excluding carboxylic acids is 1. The maximum Gasteiger partial charge on any atom is 0.391 e. The fourth-order valence-corrected chi connectivity index (χ4v) is 2.56. The van der Waals surface area contributed by atoms with Crippen LogP contribution in [0.2, 0.25) is 0 Å². The molecule has 0 heterocycles. The third-order valence-corrected chi connectivity index (χ3v) is 3.70. The third kappa shape index (κ3) is 4.68. The molecule has 4 nitrogen and oxygen atoms in total. The van der Waals surface area contributed by atoms with Crippen molar-refractivity contribution < 1.29 is 27.9 Å². The molecule has 2 unspecified atom stereocenters. The van der Waals surface area contributed by atoms with Gasteiger partial charge in [-0.15, -0.1) is 0 Å². The standard InChI is InChI=1S/C13H20F3NO3/c1-2-4-10(12(19)20)17-11(18)8-5-3-6-9(7-8)13(14,15)16/h8-10H,2-7H2,1H3,(H,17,18)(H,19,20)/t8?,9?,10-/m0/s1. The topological polar surface area (TPSA) is 66.4 Å². The van der Waals surface area contributed by atoms with Gasteiger partial charge in [-0.25, -0.2) is 4.79 Å². The Morgan fingerprint density at radius 1 is 1.35 bits per heavy atom. The highest BCUT2D eigenvalue weighted by Crippen LogP contribution is 2.39. The van der Waals surface area contributed by atoms with Crippen molar-refractivity contribution in [3.05, 3.63) is 0 Å². The van der Waals surface area contributed by atoms with E-state index in [2.05, 4.69) is 5.32 Å². The van der Waals surface area contributed by atoms with E-state index in [1.807, 2.05) is 0 Å². The summed E-state index contributed by atoms with van der Waals surface area (Å²) in [4.78, 5) is 22.9. The number of hydrogen-bond donors (Lipinski definition) is 2. The van der Waals surface area contributed by atoms with Crippen molar-refractivity contribution in [1.29, 1.82) is 0 Å². The SMILES string of the molecule is CCC[C@H](NC(=O)C1CCCC(C(F)(F)F)C1)C(=O)O. The molecule has 1 fully saturated rings. The minimum atomic E-state index is -4.28. The van der Waals surface area contributed by atoms with Crippen LogP contribution in [0, 0.1) is 11.8 Å². The van der Waals surface area contributed by atoms with Crippen LogP contribution in [0.1, 0.15) is 45.4 Å².